The van der Waals surface area contributed by atoms with Crippen LogP contribution >= 0.6 is 0 Å². The highest BCUT2D eigenvalue weighted by Crippen LogP contribution is 2.20. The fraction of sp³-hybridized carbons (Fsp3) is 1.00. The number of fused-ring (bicyclic) bond motifs is 1. The Bertz CT molecular complexity index is 146. The van der Waals surface area contributed by atoms with Gasteiger partial charge in [-0.1, -0.05) is 0 Å². The lowest BCUT2D eigenvalue weighted by Crippen LogP contribution is -2.51. The van der Waals surface area contributed by atoms with Crippen LogP contribution < -0.4 is 5.32 Å². The Labute approximate surface area is 66.1 Å². The van der Waals surface area contributed by atoms with Gasteiger partial charge in [0.2, 0.25) is 0 Å². The molecule has 2 aliphatic rings. The van der Waals surface area contributed by atoms with Crippen molar-refractivity contribution in [1.82, 2.24) is 5.32 Å². The molecule has 11 heavy (non-hydrogen) atoms. The average molecular weight is 157 g/mol. The summed E-state index contributed by atoms with van der Waals surface area (Å²) in [4.78, 5) is 0. The van der Waals surface area contributed by atoms with E-state index in [4.69, 9.17) is 14.3 Å². The van der Waals surface area contributed by atoms with Crippen LogP contribution in [0.1, 0.15) is 6.42 Å². The van der Waals surface area contributed by atoms with E-state index in [0.717, 1.165) is 19.5 Å². The predicted octanol–water partition coefficient (Wildman–Crippen LogP) is -1.01. The first-order valence-electron chi connectivity index (χ1n) is 4.02. The fourth-order valence-corrected chi connectivity index (χ4v) is 1.64. The largest absolute Gasteiger partial charge is 0.636 e. The maximum atomic E-state index is 8.98. The zero-order chi connectivity index (χ0) is 7.68. The second-order valence-electron chi connectivity index (χ2n) is 3.07. The lowest BCUT2D eigenvalue weighted by Gasteiger charge is -2.36. The molecule has 0 spiro atoms. The van der Waals surface area contributed by atoms with Crippen molar-refractivity contribution in [2.75, 3.05) is 19.7 Å². The molecule has 0 aromatic carbocycles. The van der Waals surface area contributed by atoms with Gasteiger partial charge in [0.25, 0.3) is 0 Å². The minimum atomic E-state index is -0.991. The minimum Gasteiger partial charge on any atom is -0.402 e. The molecule has 2 aliphatic heterocycles. The predicted molar refractivity (Wildman–Crippen MR) is 39.8 cm³/mol. The van der Waals surface area contributed by atoms with Crippen LogP contribution in [-0.2, 0) is 9.31 Å². The molecule has 2 saturated heterocycles. The molecule has 4 nitrogen and oxygen atoms in total. The quantitative estimate of drug-likeness (QED) is 0.442. The lowest BCUT2D eigenvalue weighted by atomic mass is 9.93. The molecule has 0 aromatic rings. The third kappa shape index (κ3) is 1.56. The molecule has 0 aromatic heterocycles. The van der Waals surface area contributed by atoms with Gasteiger partial charge in [-0.05, 0) is 13.0 Å². The Hall–Kier alpha value is -0.0951. The van der Waals surface area contributed by atoms with Gasteiger partial charge in [0.05, 0.1) is 6.10 Å². The molecule has 0 saturated carbocycles. The molecule has 2 atom stereocenters. The summed E-state index contributed by atoms with van der Waals surface area (Å²) >= 11 is 0. The van der Waals surface area contributed by atoms with Crippen molar-refractivity contribution >= 4 is 7.32 Å². The van der Waals surface area contributed by atoms with Gasteiger partial charge in [-0.15, -0.1) is 0 Å². The molecule has 2 rings (SSSR count). The third-order valence-electron chi connectivity index (χ3n) is 2.28. The molecule has 2 N–H and O–H groups in total. The summed E-state index contributed by atoms with van der Waals surface area (Å²) in [6.07, 6.45) is 1.17. The molecule has 2 heterocycles. The zero-order valence-corrected chi connectivity index (χ0v) is 6.32. The third-order valence-corrected chi connectivity index (χ3v) is 2.28. The smallest absolute Gasteiger partial charge is 0.402 e. The molecule has 2 fully saturated rings. The second-order valence-corrected chi connectivity index (χ2v) is 3.07. The maximum Gasteiger partial charge on any atom is 0.636 e. The molecule has 5 heteroatoms. The molecule has 0 bridgehead atoms. The van der Waals surface area contributed by atoms with Crippen LogP contribution in [0, 0.1) is 5.92 Å². The van der Waals surface area contributed by atoms with Crippen molar-refractivity contribution in [3.05, 3.63) is 0 Å². The van der Waals surface area contributed by atoms with E-state index in [1.165, 1.54) is 0 Å². The van der Waals surface area contributed by atoms with E-state index in [1.54, 1.807) is 0 Å². The Morgan fingerprint density at radius 1 is 1.55 bits per heavy atom. The summed E-state index contributed by atoms with van der Waals surface area (Å²) in [7, 11) is -0.991. The first kappa shape index (κ1) is 7.55. The SMILES string of the molecule is OB1OCC2CNCCC2O1. The lowest BCUT2D eigenvalue weighted by molar-refractivity contribution is -0.0319. The van der Waals surface area contributed by atoms with E-state index >= 15 is 0 Å². The van der Waals surface area contributed by atoms with Crippen molar-refractivity contribution in [3.63, 3.8) is 0 Å². The number of nitrogens with one attached hydrogen (secondary N) is 1. The number of rotatable bonds is 0. The maximum absolute atomic E-state index is 8.98. The summed E-state index contributed by atoms with van der Waals surface area (Å²) in [5, 5.41) is 12.2. The van der Waals surface area contributed by atoms with E-state index in [1.807, 2.05) is 0 Å². The Morgan fingerprint density at radius 3 is 3.36 bits per heavy atom. The van der Waals surface area contributed by atoms with Gasteiger partial charge in [-0.2, -0.15) is 0 Å². The fourth-order valence-electron chi connectivity index (χ4n) is 1.64. The van der Waals surface area contributed by atoms with Crippen LogP contribution in [0.5, 0.6) is 0 Å². The first-order valence-corrected chi connectivity index (χ1v) is 4.02. The van der Waals surface area contributed by atoms with Gasteiger partial charge >= 0.3 is 7.32 Å². The average Bonchev–Trinajstić information content (AvgIpc) is 2.04. The van der Waals surface area contributed by atoms with Gasteiger partial charge in [0.15, 0.2) is 0 Å². The van der Waals surface area contributed by atoms with E-state index in [0.29, 0.717) is 12.5 Å². The van der Waals surface area contributed by atoms with Gasteiger partial charge < -0.3 is 19.6 Å². The van der Waals surface area contributed by atoms with Gasteiger partial charge in [0.1, 0.15) is 0 Å². The Balaban J connectivity index is 1.93. The van der Waals surface area contributed by atoms with Crippen molar-refractivity contribution in [2.24, 2.45) is 5.92 Å². The van der Waals surface area contributed by atoms with Gasteiger partial charge in [0, 0.05) is 19.1 Å². The van der Waals surface area contributed by atoms with Gasteiger partial charge in [-0.25, -0.2) is 0 Å². The highest BCUT2D eigenvalue weighted by atomic mass is 16.7. The Morgan fingerprint density at radius 2 is 2.45 bits per heavy atom. The van der Waals surface area contributed by atoms with E-state index in [2.05, 4.69) is 5.32 Å². The van der Waals surface area contributed by atoms with Crippen LogP contribution in [0.2, 0.25) is 0 Å². The Kier molecular flexibility index (Phi) is 2.13. The van der Waals surface area contributed by atoms with Crippen LogP contribution in [0.3, 0.4) is 0 Å². The van der Waals surface area contributed by atoms with Crippen LogP contribution in [-0.4, -0.2) is 38.1 Å². The number of piperidine rings is 1. The highest BCUT2D eigenvalue weighted by molar-refractivity contribution is 6.34. The zero-order valence-electron chi connectivity index (χ0n) is 6.32. The van der Waals surface area contributed by atoms with E-state index in [-0.39, 0.29) is 6.10 Å². The monoisotopic (exact) mass is 157 g/mol. The molecule has 62 valence electrons. The standard InChI is InChI=1S/C6H12BNO3/c9-7-10-4-5-3-8-2-1-6(5)11-7/h5-6,8-9H,1-4H2. The first-order chi connectivity index (χ1) is 5.36. The number of hydrogen-bond acceptors (Lipinski definition) is 4. The van der Waals surface area contributed by atoms with Crippen LogP contribution in [0.4, 0.5) is 0 Å². The summed E-state index contributed by atoms with van der Waals surface area (Å²) in [6.45, 7) is 2.53. The summed E-state index contributed by atoms with van der Waals surface area (Å²) in [5.41, 5.74) is 0. The molecule has 0 amide bonds. The normalized spacial score (nSPS) is 38.5. The van der Waals surface area contributed by atoms with Crippen molar-refractivity contribution in [2.45, 2.75) is 12.5 Å². The molecule has 0 radical (unpaired) electrons. The number of hydrogen-bond donors (Lipinski definition) is 2. The summed E-state index contributed by atoms with van der Waals surface area (Å²) in [5.74, 6) is 0.423. The molecule has 0 aliphatic carbocycles. The van der Waals surface area contributed by atoms with Crippen molar-refractivity contribution in [3.8, 4) is 0 Å². The van der Waals surface area contributed by atoms with E-state index in [9.17, 15) is 0 Å². The summed E-state index contributed by atoms with van der Waals surface area (Å²) < 4.78 is 10.1. The van der Waals surface area contributed by atoms with Crippen LogP contribution in [0.25, 0.3) is 0 Å². The van der Waals surface area contributed by atoms with Crippen molar-refractivity contribution < 1.29 is 14.3 Å². The van der Waals surface area contributed by atoms with Gasteiger partial charge in [-0.3, -0.25) is 0 Å². The molecular weight excluding hydrogens is 145 g/mol. The van der Waals surface area contributed by atoms with Crippen molar-refractivity contribution in [1.29, 1.82) is 0 Å². The molecule has 2 unspecified atom stereocenters. The van der Waals surface area contributed by atoms with E-state index < -0.39 is 7.32 Å². The molecular formula is C6H12BNO3. The topological polar surface area (TPSA) is 50.7 Å². The minimum absolute atomic E-state index is 0.194. The second kappa shape index (κ2) is 3.10. The highest BCUT2D eigenvalue weighted by Gasteiger charge is 2.36. The van der Waals surface area contributed by atoms with Crippen LogP contribution in [0.15, 0.2) is 0 Å². The summed E-state index contributed by atoms with van der Waals surface area (Å²) in [6, 6.07) is 0.